The highest BCUT2D eigenvalue weighted by atomic mass is 16.7. The predicted octanol–water partition coefficient (Wildman–Crippen LogP) is 5.91. The summed E-state index contributed by atoms with van der Waals surface area (Å²) in [5.74, 6) is 2.12. The lowest BCUT2D eigenvalue weighted by molar-refractivity contribution is -0.116. The molecule has 5 aromatic rings. The third kappa shape index (κ3) is 5.61. The third-order valence-electron chi connectivity index (χ3n) is 7.90. The van der Waals surface area contributed by atoms with E-state index in [0.29, 0.717) is 56.6 Å². The number of ether oxygens (including phenoxy) is 7. The van der Waals surface area contributed by atoms with Gasteiger partial charge in [-0.05, 0) is 54.1 Å². The van der Waals surface area contributed by atoms with Gasteiger partial charge in [0, 0.05) is 28.8 Å². The van der Waals surface area contributed by atoms with E-state index in [0.717, 1.165) is 11.1 Å². The Morgan fingerprint density at radius 2 is 1.45 bits per heavy atom. The highest BCUT2D eigenvalue weighted by Gasteiger charge is 2.44. The van der Waals surface area contributed by atoms with E-state index < -0.39 is 5.79 Å². The van der Waals surface area contributed by atoms with Crippen LogP contribution < -0.4 is 38.6 Å². The Bertz CT molecular complexity index is 2050. The Morgan fingerprint density at radius 3 is 2.13 bits per heavy atom. The first-order valence-corrected chi connectivity index (χ1v) is 14.4. The zero-order valence-corrected chi connectivity index (χ0v) is 26.3. The fraction of sp³-hybridized carbons (Fsp3) is 0.194. The van der Waals surface area contributed by atoms with Gasteiger partial charge in [0.15, 0.2) is 29.4 Å². The van der Waals surface area contributed by atoms with E-state index in [1.54, 1.807) is 70.9 Å². The molecule has 0 spiro atoms. The molecule has 2 N–H and O–H groups in total. The summed E-state index contributed by atoms with van der Waals surface area (Å²) in [6, 6.07) is 19.1. The van der Waals surface area contributed by atoms with E-state index >= 15 is 0 Å². The molecule has 3 heterocycles. The van der Waals surface area contributed by atoms with Gasteiger partial charge in [0.2, 0.25) is 11.2 Å². The van der Waals surface area contributed by atoms with Crippen molar-refractivity contribution >= 4 is 22.6 Å². The summed E-state index contributed by atoms with van der Waals surface area (Å²) < 4.78 is 43.2. The molecule has 1 aromatic heterocycles. The Balaban J connectivity index is 0.000000166. The molecule has 4 aromatic carbocycles. The Morgan fingerprint density at radius 1 is 0.745 bits per heavy atom. The van der Waals surface area contributed by atoms with Gasteiger partial charge in [-0.3, -0.25) is 4.79 Å². The maximum Gasteiger partial charge on any atom is 0.270 e. The minimum absolute atomic E-state index is 0.0298. The molecule has 0 bridgehead atoms. The van der Waals surface area contributed by atoms with E-state index in [1.165, 1.54) is 25.5 Å². The largest absolute Gasteiger partial charge is 0.504 e. The number of phenols is 1. The standard InChI is InChI=1S/C19H18O6.C17H14O5/c1-21-12-5-4-11-6-14-13-8-17(22-2)18(23-3)9-16(13)24-10-19(14,20)25-15(11)7-12;1-20-11-5-3-10(4-6-11)13-9-22-16-12(15(13)19)7-8-14(18)17(16)21-2/h4-9,20H,10H2,1-3H3;3-9,18H,1-2H3. The van der Waals surface area contributed by atoms with Gasteiger partial charge in [-0.1, -0.05) is 12.1 Å². The second-order valence-electron chi connectivity index (χ2n) is 10.5. The first-order chi connectivity index (χ1) is 22.7. The molecule has 242 valence electrons. The maximum atomic E-state index is 12.6. The summed E-state index contributed by atoms with van der Waals surface area (Å²) >= 11 is 0. The van der Waals surface area contributed by atoms with Crippen LogP contribution in [0.5, 0.6) is 46.0 Å². The van der Waals surface area contributed by atoms with Crippen LogP contribution in [0.2, 0.25) is 0 Å². The summed E-state index contributed by atoms with van der Waals surface area (Å²) in [5.41, 5.74) is 3.37. The molecule has 0 fully saturated rings. The molecule has 1 unspecified atom stereocenters. The molecule has 0 saturated heterocycles. The lowest BCUT2D eigenvalue weighted by Gasteiger charge is -2.39. The van der Waals surface area contributed by atoms with Crippen LogP contribution >= 0.6 is 0 Å². The Hall–Kier alpha value is -5.81. The van der Waals surface area contributed by atoms with Crippen LogP contribution in [0.3, 0.4) is 0 Å². The molecule has 11 nitrogen and oxygen atoms in total. The lowest BCUT2D eigenvalue weighted by Crippen LogP contribution is -2.47. The van der Waals surface area contributed by atoms with E-state index in [2.05, 4.69) is 0 Å². The molecule has 7 rings (SSSR count). The molecule has 0 radical (unpaired) electrons. The van der Waals surface area contributed by atoms with Crippen molar-refractivity contribution < 1.29 is 47.8 Å². The number of aliphatic hydroxyl groups is 1. The Kier molecular flexibility index (Phi) is 8.31. The first-order valence-electron chi connectivity index (χ1n) is 14.4. The number of fused-ring (bicyclic) bond motifs is 5. The van der Waals surface area contributed by atoms with Crippen LogP contribution in [0.15, 0.2) is 82.2 Å². The minimum atomic E-state index is -1.58. The van der Waals surface area contributed by atoms with Crippen LogP contribution in [0.1, 0.15) is 11.1 Å². The first kappa shape index (κ1) is 31.2. The molecular formula is C36H32O11. The number of phenolic OH excluding ortho intramolecular Hbond substituents is 1. The van der Waals surface area contributed by atoms with E-state index in [4.69, 9.17) is 37.6 Å². The molecule has 2 aliphatic heterocycles. The smallest absolute Gasteiger partial charge is 0.270 e. The average Bonchev–Trinajstić information content (AvgIpc) is 3.10. The molecule has 1 atom stereocenters. The van der Waals surface area contributed by atoms with Gasteiger partial charge in [-0.2, -0.15) is 0 Å². The molecule has 11 heteroatoms. The molecule has 0 aliphatic carbocycles. The normalized spacial score (nSPS) is 15.7. The highest BCUT2D eigenvalue weighted by molar-refractivity contribution is 5.92. The van der Waals surface area contributed by atoms with Crippen LogP contribution in [-0.2, 0) is 0 Å². The van der Waals surface area contributed by atoms with Crippen molar-refractivity contribution in [1.29, 1.82) is 0 Å². The SMILES string of the molecule is COc1ccc(-c2coc3c(OC)c(O)ccc3c2=O)cc1.COc1ccc2c(c1)OC1(O)COc3cc(OC)c(OC)cc3C1=C2. The van der Waals surface area contributed by atoms with Crippen molar-refractivity contribution in [2.75, 3.05) is 42.2 Å². The number of hydrogen-bond donors (Lipinski definition) is 2. The minimum Gasteiger partial charge on any atom is -0.504 e. The van der Waals surface area contributed by atoms with Gasteiger partial charge in [-0.15, -0.1) is 0 Å². The summed E-state index contributed by atoms with van der Waals surface area (Å²) in [5, 5.41) is 21.1. The fourth-order valence-corrected chi connectivity index (χ4v) is 5.45. The van der Waals surface area contributed by atoms with Crippen LogP contribution in [0.25, 0.3) is 33.7 Å². The number of rotatable bonds is 6. The third-order valence-corrected chi connectivity index (χ3v) is 7.90. The predicted molar refractivity (Wildman–Crippen MR) is 174 cm³/mol. The van der Waals surface area contributed by atoms with Crippen molar-refractivity contribution in [2.45, 2.75) is 5.79 Å². The van der Waals surface area contributed by atoms with Gasteiger partial charge >= 0.3 is 0 Å². The lowest BCUT2D eigenvalue weighted by atomic mass is 9.90. The quantitative estimate of drug-likeness (QED) is 0.229. The number of benzene rings is 4. The van der Waals surface area contributed by atoms with E-state index in [1.807, 2.05) is 18.2 Å². The average molecular weight is 641 g/mol. The van der Waals surface area contributed by atoms with Crippen molar-refractivity contribution in [3.05, 3.63) is 94.3 Å². The molecule has 0 amide bonds. The zero-order valence-electron chi connectivity index (χ0n) is 26.3. The monoisotopic (exact) mass is 640 g/mol. The van der Waals surface area contributed by atoms with Gasteiger partial charge in [0.05, 0.1) is 46.5 Å². The molecule has 47 heavy (non-hydrogen) atoms. The number of hydrogen-bond acceptors (Lipinski definition) is 11. The van der Waals surface area contributed by atoms with Crippen molar-refractivity contribution in [2.24, 2.45) is 0 Å². The summed E-state index contributed by atoms with van der Waals surface area (Å²) in [6.45, 7) is -0.0298. The summed E-state index contributed by atoms with van der Waals surface area (Å²) in [6.07, 6.45) is 3.26. The number of aromatic hydroxyl groups is 1. The van der Waals surface area contributed by atoms with Gasteiger partial charge < -0.3 is 47.8 Å². The summed E-state index contributed by atoms with van der Waals surface area (Å²) in [7, 11) is 7.70. The van der Waals surface area contributed by atoms with E-state index in [-0.39, 0.29) is 29.1 Å². The van der Waals surface area contributed by atoms with Crippen LogP contribution in [0, 0.1) is 0 Å². The van der Waals surface area contributed by atoms with Crippen LogP contribution in [0.4, 0.5) is 0 Å². The van der Waals surface area contributed by atoms with Crippen LogP contribution in [-0.4, -0.2) is 58.2 Å². The summed E-state index contributed by atoms with van der Waals surface area (Å²) in [4.78, 5) is 12.6. The second kappa shape index (κ2) is 12.5. The van der Waals surface area contributed by atoms with Gasteiger partial charge in [-0.25, -0.2) is 0 Å². The van der Waals surface area contributed by atoms with Crippen molar-refractivity contribution in [1.82, 2.24) is 0 Å². The molecular weight excluding hydrogens is 608 g/mol. The second-order valence-corrected chi connectivity index (χ2v) is 10.5. The molecule has 0 saturated carbocycles. The van der Waals surface area contributed by atoms with Gasteiger partial charge in [0.1, 0.15) is 29.3 Å². The number of methoxy groups -OCH3 is 5. The Labute approximate surface area is 269 Å². The maximum absolute atomic E-state index is 12.6. The fourth-order valence-electron chi connectivity index (χ4n) is 5.45. The van der Waals surface area contributed by atoms with Crippen molar-refractivity contribution in [3.63, 3.8) is 0 Å². The van der Waals surface area contributed by atoms with Gasteiger partial charge in [0.25, 0.3) is 5.79 Å². The van der Waals surface area contributed by atoms with Crippen molar-refractivity contribution in [3.8, 4) is 57.1 Å². The highest BCUT2D eigenvalue weighted by Crippen LogP contribution is 2.49. The zero-order chi connectivity index (χ0) is 33.3. The topological polar surface area (TPSA) is 135 Å². The van der Waals surface area contributed by atoms with E-state index in [9.17, 15) is 15.0 Å². The molecule has 2 aliphatic rings.